The summed E-state index contributed by atoms with van der Waals surface area (Å²) in [6.45, 7) is 1.45. The summed E-state index contributed by atoms with van der Waals surface area (Å²) in [7, 11) is -4.21. The molecule has 0 spiro atoms. The SMILES string of the molecule is Cc1c(Cl)cc([N+](=O)[O-])cc1S(=O)(=O)Oc1ccccc1. The molecule has 0 radical (unpaired) electrons. The summed E-state index contributed by atoms with van der Waals surface area (Å²) in [4.78, 5) is 9.77. The van der Waals surface area contributed by atoms with Crippen LogP contribution in [0.5, 0.6) is 5.75 Å². The van der Waals surface area contributed by atoms with E-state index < -0.39 is 20.7 Å². The summed E-state index contributed by atoms with van der Waals surface area (Å²) >= 11 is 5.85. The maximum Gasteiger partial charge on any atom is 0.339 e. The minimum absolute atomic E-state index is 0.0144. The van der Waals surface area contributed by atoms with Crippen LogP contribution in [0.4, 0.5) is 5.69 Å². The maximum atomic E-state index is 12.2. The molecule has 0 amide bonds. The summed E-state index contributed by atoms with van der Waals surface area (Å²) in [6, 6.07) is 9.88. The lowest BCUT2D eigenvalue weighted by Crippen LogP contribution is -2.12. The first-order valence-corrected chi connectivity index (χ1v) is 7.54. The quantitative estimate of drug-likeness (QED) is 0.488. The number of para-hydroxylation sites is 1. The Morgan fingerprint density at radius 3 is 2.38 bits per heavy atom. The van der Waals surface area contributed by atoms with Gasteiger partial charge in [0.05, 0.1) is 9.95 Å². The third-order valence-electron chi connectivity index (χ3n) is 2.71. The third kappa shape index (κ3) is 3.32. The topological polar surface area (TPSA) is 86.5 Å². The summed E-state index contributed by atoms with van der Waals surface area (Å²) in [5.74, 6) is 0.111. The minimum Gasteiger partial charge on any atom is -0.379 e. The van der Waals surface area contributed by atoms with E-state index >= 15 is 0 Å². The first-order chi connectivity index (χ1) is 9.81. The molecule has 0 aromatic heterocycles. The summed E-state index contributed by atoms with van der Waals surface area (Å²) in [5, 5.41) is 10.8. The Labute approximate surface area is 126 Å². The van der Waals surface area contributed by atoms with Gasteiger partial charge >= 0.3 is 10.1 Å². The zero-order valence-electron chi connectivity index (χ0n) is 10.8. The minimum atomic E-state index is -4.21. The number of non-ortho nitro benzene ring substituents is 1. The average molecular weight is 328 g/mol. The van der Waals surface area contributed by atoms with Crippen molar-refractivity contribution in [3.8, 4) is 5.75 Å². The lowest BCUT2D eigenvalue weighted by atomic mass is 10.2. The van der Waals surface area contributed by atoms with Crippen LogP contribution in [0.15, 0.2) is 47.4 Å². The largest absolute Gasteiger partial charge is 0.379 e. The molecule has 0 atom stereocenters. The van der Waals surface area contributed by atoms with E-state index in [1.807, 2.05) is 0 Å². The zero-order chi connectivity index (χ0) is 15.6. The van der Waals surface area contributed by atoms with Crippen molar-refractivity contribution in [3.63, 3.8) is 0 Å². The van der Waals surface area contributed by atoms with Gasteiger partial charge in [0.2, 0.25) is 0 Å². The van der Waals surface area contributed by atoms with Crippen molar-refractivity contribution in [2.24, 2.45) is 0 Å². The number of halogens is 1. The van der Waals surface area contributed by atoms with E-state index in [0.717, 1.165) is 12.1 Å². The molecule has 110 valence electrons. The van der Waals surface area contributed by atoms with Gasteiger partial charge in [-0.3, -0.25) is 10.1 Å². The van der Waals surface area contributed by atoms with Crippen molar-refractivity contribution >= 4 is 27.4 Å². The Balaban J connectivity index is 2.52. The third-order valence-corrected chi connectivity index (χ3v) is 4.48. The lowest BCUT2D eigenvalue weighted by molar-refractivity contribution is -0.385. The van der Waals surface area contributed by atoms with Gasteiger partial charge in [0.1, 0.15) is 10.6 Å². The normalized spacial score (nSPS) is 11.1. The zero-order valence-corrected chi connectivity index (χ0v) is 12.4. The van der Waals surface area contributed by atoms with Crippen LogP contribution >= 0.6 is 11.6 Å². The number of nitro benzene ring substituents is 1. The first-order valence-electron chi connectivity index (χ1n) is 5.75. The molecule has 8 heteroatoms. The van der Waals surface area contributed by atoms with Crippen molar-refractivity contribution in [2.45, 2.75) is 11.8 Å². The van der Waals surface area contributed by atoms with Crippen LogP contribution in [-0.4, -0.2) is 13.3 Å². The van der Waals surface area contributed by atoms with Gasteiger partial charge in [-0.05, 0) is 24.6 Å². The van der Waals surface area contributed by atoms with Crippen LogP contribution in [0.3, 0.4) is 0 Å². The molecule has 0 aliphatic rings. The van der Waals surface area contributed by atoms with E-state index in [1.54, 1.807) is 18.2 Å². The highest BCUT2D eigenvalue weighted by molar-refractivity contribution is 7.87. The van der Waals surface area contributed by atoms with E-state index in [4.69, 9.17) is 15.8 Å². The van der Waals surface area contributed by atoms with Crippen LogP contribution in [-0.2, 0) is 10.1 Å². The van der Waals surface area contributed by atoms with Crippen molar-refractivity contribution < 1.29 is 17.5 Å². The second-order valence-electron chi connectivity index (χ2n) is 4.16. The number of hydrogen-bond acceptors (Lipinski definition) is 5. The highest BCUT2D eigenvalue weighted by Crippen LogP contribution is 2.30. The van der Waals surface area contributed by atoms with Crippen LogP contribution < -0.4 is 4.18 Å². The number of hydrogen-bond donors (Lipinski definition) is 0. The van der Waals surface area contributed by atoms with Crippen molar-refractivity contribution in [1.29, 1.82) is 0 Å². The molecule has 0 N–H and O–H groups in total. The fourth-order valence-electron chi connectivity index (χ4n) is 1.65. The fraction of sp³-hybridized carbons (Fsp3) is 0.0769. The molecular formula is C13H10ClNO5S. The molecule has 0 saturated heterocycles. The van der Waals surface area contributed by atoms with E-state index in [-0.39, 0.29) is 21.2 Å². The Hall–Kier alpha value is -2.12. The predicted octanol–water partition coefficient (Wildman–Crippen LogP) is 3.32. The molecular weight excluding hydrogens is 318 g/mol. The van der Waals surface area contributed by atoms with Crippen LogP contribution in [0.2, 0.25) is 5.02 Å². The van der Waals surface area contributed by atoms with Crippen LogP contribution in [0, 0.1) is 17.0 Å². The van der Waals surface area contributed by atoms with Crippen LogP contribution in [0.25, 0.3) is 0 Å². The summed E-state index contributed by atoms with van der Waals surface area (Å²) in [5.41, 5.74) is -0.223. The van der Waals surface area contributed by atoms with Crippen molar-refractivity contribution in [3.05, 3.63) is 63.2 Å². The number of benzene rings is 2. The molecule has 6 nitrogen and oxygen atoms in total. The van der Waals surface area contributed by atoms with Crippen LogP contribution in [0.1, 0.15) is 5.56 Å². The first kappa shape index (κ1) is 15.3. The van der Waals surface area contributed by atoms with Gasteiger partial charge < -0.3 is 4.18 Å². The molecule has 0 aliphatic heterocycles. The van der Waals surface area contributed by atoms with Crippen molar-refractivity contribution in [1.82, 2.24) is 0 Å². The monoisotopic (exact) mass is 327 g/mol. The molecule has 0 bridgehead atoms. The predicted molar refractivity (Wildman–Crippen MR) is 77.1 cm³/mol. The standard InChI is InChI=1S/C13H10ClNO5S/c1-9-12(14)7-10(15(16)17)8-13(9)21(18,19)20-11-5-3-2-4-6-11/h2-8H,1H3. The molecule has 0 aliphatic carbocycles. The molecule has 0 fully saturated rings. The Morgan fingerprint density at radius 1 is 1.19 bits per heavy atom. The van der Waals surface area contributed by atoms with E-state index in [2.05, 4.69) is 0 Å². The van der Waals surface area contributed by atoms with Gasteiger partial charge in [0.15, 0.2) is 0 Å². The van der Waals surface area contributed by atoms with Gasteiger partial charge in [0.25, 0.3) is 5.69 Å². The molecule has 0 unspecified atom stereocenters. The van der Waals surface area contributed by atoms with Gasteiger partial charge in [-0.2, -0.15) is 8.42 Å². The summed E-state index contributed by atoms with van der Waals surface area (Å²) < 4.78 is 29.4. The molecule has 0 heterocycles. The molecule has 2 rings (SSSR count). The van der Waals surface area contributed by atoms with E-state index in [1.165, 1.54) is 19.1 Å². The summed E-state index contributed by atoms with van der Waals surface area (Å²) in [6.07, 6.45) is 0. The van der Waals surface area contributed by atoms with Gasteiger partial charge in [-0.25, -0.2) is 0 Å². The highest BCUT2D eigenvalue weighted by Gasteiger charge is 2.24. The Bertz CT molecular complexity index is 790. The van der Waals surface area contributed by atoms with E-state index in [0.29, 0.717) is 0 Å². The fourth-order valence-corrected chi connectivity index (χ4v) is 3.13. The number of nitro groups is 1. The molecule has 2 aromatic carbocycles. The second kappa shape index (κ2) is 5.71. The molecule has 21 heavy (non-hydrogen) atoms. The maximum absolute atomic E-state index is 12.2. The Kier molecular flexibility index (Phi) is 4.15. The van der Waals surface area contributed by atoms with Gasteiger partial charge in [-0.1, -0.05) is 29.8 Å². The van der Waals surface area contributed by atoms with Crippen molar-refractivity contribution in [2.75, 3.05) is 0 Å². The second-order valence-corrected chi connectivity index (χ2v) is 6.08. The molecule has 0 saturated carbocycles. The van der Waals surface area contributed by atoms with E-state index in [9.17, 15) is 18.5 Å². The number of rotatable bonds is 4. The number of nitrogens with zero attached hydrogens (tertiary/aromatic N) is 1. The smallest absolute Gasteiger partial charge is 0.339 e. The average Bonchev–Trinajstić information content (AvgIpc) is 2.41. The van der Waals surface area contributed by atoms with Gasteiger partial charge in [0, 0.05) is 12.1 Å². The lowest BCUT2D eigenvalue weighted by Gasteiger charge is -2.10. The highest BCUT2D eigenvalue weighted by atomic mass is 35.5. The Morgan fingerprint density at radius 2 is 1.81 bits per heavy atom. The van der Waals surface area contributed by atoms with Gasteiger partial charge in [-0.15, -0.1) is 0 Å². The molecule has 2 aromatic rings.